The van der Waals surface area contributed by atoms with Gasteiger partial charge in [-0.2, -0.15) is 0 Å². The van der Waals surface area contributed by atoms with E-state index in [1.54, 1.807) is 18.2 Å². The van der Waals surface area contributed by atoms with Crippen LogP contribution in [0.4, 0.5) is 4.39 Å². The van der Waals surface area contributed by atoms with Crippen LogP contribution in [0.2, 0.25) is 0 Å². The van der Waals surface area contributed by atoms with Gasteiger partial charge in [0.05, 0.1) is 0 Å². The van der Waals surface area contributed by atoms with E-state index in [0.29, 0.717) is 11.1 Å². The molecule has 80 valence electrons. The van der Waals surface area contributed by atoms with Gasteiger partial charge in [0.2, 0.25) is 0 Å². The third kappa shape index (κ3) is 2.47. The van der Waals surface area contributed by atoms with Crippen LogP contribution in [-0.2, 0) is 0 Å². The summed E-state index contributed by atoms with van der Waals surface area (Å²) < 4.78 is 14.0. The molecule has 0 bridgehead atoms. The third-order valence-corrected chi connectivity index (χ3v) is 2.84. The van der Waals surface area contributed by atoms with Crippen molar-refractivity contribution < 1.29 is 9.18 Å². The number of carbonyl (C=O) groups is 1. The van der Waals surface area contributed by atoms with Crippen molar-refractivity contribution in [3.05, 3.63) is 69.0 Å². The van der Waals surface area contributed by atoms with Gasteiger partial charge in [0, 0.05) is 14.7 Å². The molecule has 0 fully saturated rings. The number of carbonyl (C=O) groups excluding carboxylic acids is 1. The van der Waals surface area contributed by atoms with Crippen LogP contribution in [0.15, 0.2) is 48.5 Å². The molecule has 0 spiro atoms. The summed E-state index contributed by atoms with van der Waals surface area (Å²) in [5.74, 6) is -0.547. The Bertz CT molecular complexity index is 489. The first-order chi connectivity index (χ1) is 7.66. The predicted molar refractivity (Wildman–Crippen MR) is 69.0 cm³/mol. The maximum atomic E-state index is 13.0. The highest BCUT2D eigenvalue weighted by atomic mass is 127. The van der Waals surface area contributed by atoms with Gasteiger partial charge in [0.1, 0.15) is 5.82 Å². The van der Waals surface area contributed by atoms with Crippen molar-refractivity contribution >= 4 is 28.4 Å². The molecule has 2 rings (SSSR count). The van der Waals surface area contributed by atoms with Gasteiger partial charge in [-0.05, 0) is 46.9 Å². The zero-order valence-corrected chi connectivity index (χ0v) is 10.4. The van der Waals surface area contributed by atoms with Crippen LogP contribution in [0.3, 0.4) is 0 Å². The van der Waals surface area contributed by atoms with Gasteiger partial charge in [-0.15, -0.1) is 0 Å². The van der Waals surface area contributed by atoms with Crippen molar-refractivity contribution in [2.45, 2.75) is 0 Å². The molecule has 0 heterocycles. The Morgan fingerprint density at radius 1 is 1.00 bits per heavy atom. The lowest BCUT2D eigenvalue weighted by atomic mass is 10.0. The molecular weight excluding hydrogens is 318 g/mol. The number of rotatable bonds is 2. The van der Waals surface area contributed by atoms with E-state index in [2.05, 4.69) is 22.6 Å². The molecule has 0 aliphatic heterocycles. The Hall–Kier alpha value is -1.23. The van der Waals surface area contributed by atoms with E-state index in [1.807, 2.05) is 12.1 Å². The minimum absolute atomic E-state index is 0.155. The lowest BCUT2D eigenvalue weighted by Gasteiger charge is -2.01. The van der Waals surface area contributed by atoms with Crippen LogP contribution in [0.5, 0.6) is 0 Å². The average molecular weight is 326 g/mol. The lowest BCUT2D eigenvalue weighted by Crippen LogP contribution is -2.01. The highest BCUT2D eigenvalue weighted by molar-refractivity contribution is 14.1. The highest BCUT2D eigenvalue weighted by Crippen LogP contribution is 2.13. The maximum absolute atomic E-state index is 13.0. The summed E-state index contributed by atoms with van der Waals surface area (Å²) in [7, 11) is 0. The SMILES string of the molecule is O=C(c1cccc(F)c1)c1cccc(I)c1. The molecule has 2 aromatic carbocycles. The van der Waals surface area contributed by atoms with E-state index in [0.717, 1.165) is 3.57 Å². The monoisotopic (exact) mass is 326 g/mol. The molecule has 0 radical (unpaired) electrons. The summed E-state index contributed by atoms with van der Waals surface area (Å²) in [6, 6.07) is 13.0. The van der Waals surface area contributed by atoms with Crippen LogP contribution < -0.4 is 0 Å². The molecule has 0 N–H and O–H groups in total. The first kappa shape index (κ1) is 11.3. The predicted octanol–water partition coefficient (Wildman–Crippen LogP) is 3.66. The van der Waals surface area contributed by atoms with E-state index in [1.165, 1.54) is 18.2 Å². The molecule has 0 aliphatic rings. The molecule has 0 atom stereocenters. The quantitative estimate of drug-likeness (QED) is 0.608. The van der Waals surface area contributed by atoms with Gasteiger partial charge < -0.3 is 0 Å². The second-order valence-electron chi connectivity index (χ2n) is 3.35. The van der Waals surface area contributed by atoms with Crippen LogP contribution in [0.1, 0.15) is 15.9 Å². The molecule has 0 saturated heterocycles. The summed E-state index contributed by atoms with van der Waals surface area (Å²) >= 11 is 2.14. The van der Waals surface area contributed by atoms with Crippen LogP contribution in [0.25, 0.3) is 0 Å². The van der Waals surface area contributed by atoms with Crippen molar-refractivity contribution in [2.75, 3.05) is 0 Å². The van der Waals surface area contributed by atoms with E-state index in [9.17, 15) is 9.18 Å². The Balaban J connectivity index is 2.39. The summed E-state index contributed by atoms with van der Waals surface area (Å²) in [5.41, 5.74) is 0.958. The normalized spacial score (nSPS) is 10.1. The number of halogens is 2. The smallest absolute Gasteiger partial charge is 0.193 e. The van der Waals surface area contributed by atoms with Gasteiger partial charge >= 0.3 is 0 Å². The van der Waals surface area contributed by atoms with Crippen molar-refractivity contribution in [3.63, 3.8) is 0 Å². The fourth-order valence-electron chi connectivity index (χ4n) is 1.43. The molecule has 3 heteroatoms. The topological polar surface area (TPSA) is 17.1 Å². The third-order valence-electron chi connectivity index (χ3n) is 2.17. The minimum Gasteiger partial charge on any atom is -0.289 e. The number of benzene rings is 2. The fraction of sp³-hybridized carbons (Fsp3) is 0. The van der Waals surface area contributed by atoms with Crippen LogP contribution in [-0.4, -0.2) is 5.78 Å². The Labute approximate surface area is 106 Å². The van der Waals surface area contributed by atoms with E-state index in [-0.39, 0.29) is 5.78 Å². The average Bonchev–Trinajstić information content (AvgIpc) is 2.28. The fourth-order valence-corrected chi connectivity index (χ4v) is 1.97. The van der Waals surface area contributed by atoms with Crippen molar-refractivity contribution in [1.82, 2.24) is 0 Å². The summed E-state index contributed by atoms with van der Waals surface area (Å²) in [6.07, 6.45) is 0. The van der Waals surface area contributed by atoms with Gasteiger partial charge in [-0.1, -0.05) is 24.3 Å². The van der Waals surface area contributed by atoms with E-state index >= 15 is 0 Å². The van der Waals surface area contributed by atoms with Crippen LogP contribution in [0, 0.1) is 9.39 Å². The zero-order valence-electron chi connectivity index (χ0n) is 8.28. The van der Waals surface area contributed by atoms with Crippen LogP contribution >= 0.6 is 22.6 Å². The molecule has 16 heavy (non-hydrogen) atoms. The molecular formula is C13H8FIO. The first-order valence-corrected chi connectivity index (χ1v) is 5.80. The van der Waals surface area contributed by atoms with E-state index < -0.39 is 5.82 Å². The molecule has 2 aromatic rings. The maximum Gasteiger partial charge on any atom is 0.193 e. The summed E-state index contributed by atoms with van der Waals surface area (Å²) in [6.45, 7) is 0. The molecule has 1 nitrogen and oxygen atoms in total. The Morgan fingerprint density at radius 3 is 2.25 bits per heavy atom. The van der Waals surface area contributed by atoms with Gasteiger partial charge in [-0.25, -0.2) is 4.39 Å². The van der Waals surface area contributed by atoms with Gasteiger partial charge in [0.25, 0.3) is 0 Å². The second kappa shape index (κ2) is 4.74. The first-order valence-electron chi connectivity index (χ1n) is 4.72. The zero-order chi connectivity index (χ0) is 11.5. The van der Waals surface area contributed by atoms with Crippen molar-refractivity contribution in [1.29, 1.82) is 0 Å². The lowest BCUT2D eigenvalue weighted by molar-refractivity contribution is 0.103. The Morgan fingerprint density at radius 2 is 1.62 bits per heavy atom. The number of ketones is 1. The van der Waals surface area contributed by atoms with Gasteiger partial charge in [-0.3, -0.25) is 4.79 Å². The summed E-state index contributed by atoms with van der Waals surface area (Å²) in [4.78, 5) is 12.0. The minimum atomic E-state index is -0.392. The number of hydrogen-bond donors (Lipinski definition) is 0. The van der Waals surface area contributed by atoms with Crippen molar-refractivity contribution in [2.24, 2.45) is 0 Å². The standard InChI is InChI=1S/C13H8FIO/c14-11-5-1-3-9(7-11)13(16)10-4-2-6-12(15)8-10/h1-8H. The highest BCUT2D eigenvalue weighted by Gasteiger charge is 2.09. The Kier molecular flexibility index (Phi) is 3.33. The molecule has 0 aromatic heterocycles. The molecule has 0 aliphatic carbocycles. The summed E-state index contributed by atoms with van der Waals surface area (Å²) in [5, 5.41) is 0. The van der Waals surface area contributed by atoms with Crippen molar-refractivity contribution in [3.8, 4) is 0 Å². The van der Waals surface area contributed by atoms with Gasteiger partial charge in [0.15, 0.2) is 5.78 Å². The van der Waals surface area contributed by atoms with E-state index in [4.69, 9.17) is 0 Å². The molecule has 0 saturated carbocycles. The second-order valence-corrected chi connectivity index (χ2v) is 4.60. The molecule has 0 amide bonds. The number of hydrogen-bond acceptors (Lipinski definition) is 1. The molecule has 0 unspecified atom stereocenters. The largest absolute Gasteiger partial charge is 0.289 e.